The number of anilines is 1. The number of hydrogen-bond donors (Lipinski definition) is 1. The lowest BCUT2D eigenvalue weighted by molar-refractivity contribution is 0.104. The van der Waals surface area contributed by atoms with Crippen molar-refractivity contribution in [2.24, 2.45) is 0 Å². The van der Waals surface area contributed by atoms with Crippen LogP contribution in [-0.2, 0) is 0 Å². The van der Waals surface area contributed by atoms with Crippen molar-refractivity contribution in [2.75, 3.05) is 11.9 Å². The minimum Gasteiger partial charge on any atom is -0.494 e. The van der Waals surface area contributed by atoms with Crippen LogP contribution in [0.15, 0.2) is 60.8 Å². The van der Waals surface area contributed by atoms with Gasteiger partial charge in [-0.1, -0.05) is 12.1 Å². The number of benzene rings is 2. The summed E-state index contributed by atoms with van der Waals surface area (Å²) in [5.74, 6) is 0.731. The number of ketones is 1. The summed E-state index contributed by atoms with van der Waals surface area (Å²) in [5.41, 5.74) is 2.78. The van der Waals surface area contributed by atoms with Crippen LogP contribution in [0.25, 0.3) is 0 Å². The first-order chi connectivity index (χ1) is 10.2. The number of allylic oxidation sites excluding steroid dienone is 1. The molecule has 0 aliphatic carbocycles. The van der Waals surface area contributed by atoms with Crippen LogP contribution >= 0.6 is 0 Å². The van der Waals surface area contributed by atoms with Gasteiger partial charge in [-0.2, -0.15) is 0 Å². The molecular weight excluding hydrogens is 262 g/mol. The molecule has 21 heavy (non-hydrogen) atoms. The average molecular weight is 281 g/mol. The topological polar surface area (TPSA) is 38.3 Å². The van der Waals surface area contributed by atoms with Crippen LogP contribution < -0.4 is 10.1 Å². The van der Waals surface area contributed by atoms with Crippen LogP contribution in [0.4, 0.5) is 5.69 Å². The van der Waals surface area contributed by atoms with Crippen molar-refractivity contribution < 1.29 is 9.53 Å². The Morgan fingerprint density at radius 2 is 1.95 bits per heavy atom. The van der Waals surface area contributed by atoms with E-state index in [1.165, 1.54) is 11.6 Å². The molecule has 0 fully saturated rings. The minimum atomic E-state index is -0.0433. The van der Waals surface area contributed by atoms with Crippen LogP contribution in [0.5, 0.6) is 5.75 Å². The number of carbonyl (C=O) groups is 1. The summed E-state index contributed by atoms with van der Waals surface area (Å²) < 4.78 is 5.35. The molecule has 3 heteroatoms. The number of nitrogens with one attached hydrogen (secondary N) is 1. The monoisotopic (exact) mass is 281 g/mol. The highest BCUT2D eigenvalue weighted by molar-refractivity contribution is 6.04. The number of hydrogen-bond acceptors (Lipinski definition) is 3. The Kier molecular flexibility index (Phi) is 5.16. The Morgan fingerprint density at radius 1 is 1.19 bits per heavy atom. The summed E-state index contributed by atoms with van der Waals surface area (Å²) >= 11 is 0. The molecule has 0 aromatic heterocycles. The second-order valence-corrected chi connectivity index (χ2v) is 4.67. The van der Waals surface area contributed by atoms with Gasteiger partial charge in [-0.15, -0.1) is 0 Å². The van der Waals surface area contributed by atoms with Crippen molar-refractivity contribution in [2.45, 2.75) is 13.8 Å². The summed E-state index contributed by atoms with van der Waals surface area (Å²) in [6.45, 7) is 4.58. The van der Waals surface area contributed by atoms with Gasteiger partial charge in [-0.05, 0) is 55.8 Å². The normalized spacial score (nSPS) is 10.6. The lowest BCUT2D eigenvalue weighted by Crippen LogP contribution is -1.97. The van der Waals surface area contributed by atoms with E-state index in [2.05, 4.69) is 5.32 Å². The van der Waals surface area contributed by atoms with E-state index < -0.39 is 0 Å². The van der Waals surface area contributed by atoms with Crippen molar-refractivity contribution in [3.05, 3.63) is 71.9 Å². The first-order valence-electron chi connectivity index (χ1n) is 6.96. The molecule has 2 aromatic rings. The fourth-order valence-corrected chi connectivity index (χ4v) is 1.93. The largest absolute Gasteiger partial charge is 0.494 e. The molecule has 0 spiro atoms. The van der Waals surface area contributed by atoms with Gasteiger partial charge in [-0.3, -0.25) is 4.79 Å². The van der Waals surface area contributed by atoms with Gasteiger partial charge in [0.15, 0.2) is 5.78 Å². The lowest BCUT2D eigenvalue weighted by atomic mass is 10.1. The molecule has 2 rings (SSSR count). The van der Waals surface area contributed by atoms with Crippen molar-refractivity contribution in [1.82, 2.24) is 0 Å². The fourth-order valence-electron chi connectivity index (χ4n) is 1.93. The highest BCUT2D eigenvalue weighted by Gasteiger charge is 2.01. The molecule has 0 saturated heterocycles. The molecule has 0 unspecified atom stereocenters. The molecule has 3 nitrogen and oxygen atoms in total. The Balaban J connectivity index is 1.95. The predicted molar refractivity (Wildman–Crippen MR) is 85.9 cm³/mol. The van der Waals surface area contributed by atoms with E-state index in [0.717, 1.165) is 11.4 Å². The third-order valence-electron chi connectivity index (χ3n) is 2.95. The molecular formula is C18H19NO2. The third kappa shape index (κ3) is 4.49. The summed E-state index contributed by atoms with van der Waals surface area (Å²) in [4.78, 5) is 12.0. The molecule has 0 radical (unpaired) electrons. The van der Waals surface area contributed by atoms with Crippen molar-refractivity contribution >= 4 is 11.5 Å². The zero-order valence-corrected chi connectivity index (χ0v) is 12.3. The van der Waals surface area contributed by atoms with Crippen LogP contribution in [-0.4, -0.2) is 12.4 Å². The molecule has 108 valence electrons. The van der Waals surface area contributed by atoms with E-state index in [9.17, 15) is 4.79 Å². The van der Waals surface area contributed by atoms with Gasteiger partial charge < -0.3 is 10.1 Å². The van der Waals surface area contributed by atoms with E-state index in [4.69, 9.17) is 4.74 Å². The van der Waals surface area contributed by atoms with Crippen molar-refractivity contribution in [1.29, 1.82) is 0 Å². The number of aryl methyl sites for hydroxylation is 1. The second-order valence-electron chi connectivity index (χ2n) is 4.67. The highest BCUT2D eigenvalue weighted by atomic mass is 16.5. The zero-order chi connectivity index (χ0) is 15.1. The van der Waals surface area contributed by atoms with Crippen molar-refractivity contribution in [3.63, 3.8) is 0 Å². The minimum absolute atomic E-state index is 0.0433. The second kappa shape index (κ2) is 7.29. The summed E-state index contributed by atoms with van der Waals surface area (Å²) in [6, 6.07) is 15.1. The Bertz CT molecular complexity index is 630. The number of ether oxygens (including phenoxy) is 1. The SMILES string of the molecule is CCOc1ccc(C(=O)C=CNc2cccc(C)c2)cc1. The van der Waals surface area contributed by atoms with E-state index >= 15 is 0 Å². The zero-order valence-electron chi connectivity index (χ0n) is 12.3. The highest BCUT2D eigenvalue weighted by Crippen LogP contribution is 2.13. The lowest BCUT2D eigenvalue weighted by Gasteiger charge is -2.03. The van der Waals surface area contributed by atoms with E-state index in [1.54, 1.807) is 30.5 Å². The smallest absolute Gasteiger partial charge is 0.187 e. The van der Waals surface area contributed by atoms with Gasteiger partial charge >= 0.3 is 0 Å². The van der Waals surface area contributed by atoms with Crippen molar-refractivity contribution in [3.8, 4) is 5.75 Å². The van der Waals surface area contributed by atoms with E-state index in [1.807, 2.05) is 38.1 Å². The summed E-state index contributed by atoms with van der Waals surface area (Å²) in [6.07, 6.45) is 3.19. The van der Waals surface area contributed by atoms with E-state index in [-0.39, 0.29) is 5.78 Å². The van der Waals surface area contributed by atoms with Gasteiger partial charge in [0.2, 0.25) is 0 Å². The molecule has 0 aliphatic heterocycles. The Labute approximate surface area is 125 Å². The number of carbonyl (C=O) groups excluding carboxylic acids is 1. The third-order valence-corrected chi connectivity index (χ3v) is 2.95. The van der Waals surface area contributed by atoms with Crippen LogP contribution in [0.2, 0.25) is 0 Å². The molecule has 0 atom stereocenters. The molecule has 0 bridgehead atoms. The molecule has 0 aliphatic rings. The average Bonchev–Trinajstić information content (AvgIpc) is 2.48. The maximum Gasteiger partial charge on any atom is 0.187 e. The molecule has 1 N–H and O–H groups in total. The summed E-state index contributed by atoms with van der Waals surface area (Å²) in [5, 5.41) is 3.09. The van der Waals surface area contributed by atoms with Crippen LogP contribution in [0, 0.1) is 6.92 Å². The molecule has 0 saturated carbocycles. The quantitative estimate of drug-likeness (QED) is 0.637. The Morgan fingerprint density at radius 3 is 2.62 bits per heavy atom. The maximum absolute atomic E-state index is 12.0. The molecule has 0 amide bonds. The first-order valence-corrected chi connectivity index (χ1v) is 6.96. The Hall–Kier alpha value is -2.55. The number of rotatable bonds is 6. The summed E-state index contributed by atoms with van der Waals surface area (Å²) in [7, 11) is 0. The van der Waals surface area contributed by atoms with Gasteiger partial charge in [0.1, 0.15) is 5.75 Å². The maximum atomic E-state index is 12.0. The molecule has 2 aromatic carbocycles. The van der Waals surface area contributed by atoms with Crippen LogP contribution in [0.1, 0.15) is 22.8 Å². The van der Waals surface area contributed by atoms with Crippen LogP contribution in [0.3, 0.4) is 0 Å². The van der Waals surface area contributed by atoms with E-state index in [0.29, 0.717) is 12.2 Å². The standard InChI is InChI=1S/C18H19NO2/c1-3-21-17-9-7-15(8-10-17)18(20)11-12-19-16-6-4-5-14(2)13-16/h4-13,19H,3H2,1-2H3. The molecule has 0 heterocycles. The van der Waals surface area contributed by atoms with Gasteiger partial charge in [0.25, 0.3) is 0 Å². The van der Waals surface area contributed by atoms with Gasteiger partial charge in [0, 0.05) is 23.5 Å². The first kappa shape index (κ1) is 14.9. The van der Waals surface area contributed by atoms with Gasteiger partial charge in [-0.25, -0.2) is 0 Å². The predicted octanol–water partition coefficient (Wildman–Crippen LogP) is 4.20. The van der Waals surface area contributed by atoms with Gasteiger partial charge in [0.05, 0.1) is 6.61 Å². The fraction of sp³-hybridized carbons (Fsp3) is 0.167.